The van der Waals surface area contributed by atoms with Gasteiger partial charge in [0.2, 0.25) is 0 Å². The third-order valence-electron chi connectivity index (χ3n) is 10.8. The Hall–Kier alpha value is -5.15. The minimum atomic E-state index is -5.09. The molecule has 296 valence electrons. The van der Waals surface area contributed by atoms with Crippen molar-refractivity contribution in [1.29, 1.82) is 5.26 Å². The number of methoxy groups -OCH3 is 1. The number of amides is 1. The van der Waals surface area contributed by atoms with Crippen LogP contribution in [0.5, 0.6) is 6.01 Å². The molecule has 0 spiro atoms. The van der Waals surface area contributed by atoms with E-state index in [0.29, 0.717) is 48.3 Å². The molecule has 2 fully saturated rings. The molecule has 1 amide bonds. The average molecular weight is 800 g/mol. The molecule has 2 N–H and O–H groups in total. The Balaban J connectivity index is 0.000000464. The average Bonchev–Trinajstić information content (AvgIpc) is 3.93. The number of rotatable bonds is 6. The number of nitrogens with zero attached hydrogens (tertiary/aromatic N) is 8. The Labute approximate surface area is 322 Å². The number of halogens is 6. The Morgan fingerprint density at radius 1 is 1.16 bits per heavy atom. The van der Waals surface area contributed by atoms with Gasteiger partial charge in [0, 0.05) is 54.1 Å². The number of alkyl halides is 4. The number of aromatic nitrogens is 4. The molecule has 2 aromatic carbocycles. The minimum absolute atomic E-state index is 0.0204. The van der Waals surface area contributed by atoms with Crippen molar-refractivity contribution in [3.05, 3.63) is 57.9 Å². The zero-order valence-electron chi connectivity index (χ0n) is 31.1. The van der Waals surface area contributed by atoms with Crippen LogP contribution in [-0.4, -0.2) is 87.5 Å². The number of hydrogen-bond acceptors (Lipinski definition) is 10. The lowest BCUT2D eigenvalue weighted by molar-refractivity contribution is -0.137. The summed E-state index contributed by atoms with van der Waals surface area (Å²) in [7, 11) is 1.24. The highest BCUT2D eigenvalue weighted by Crippen LogP contribution is 2.48. The van der Waals surface area contributed by atoms with Crippen LogP contribution in [-0.2, 0) is 19.3 Å². The number of anilines is 2. The van der Waals surface area contributed by atoms with Crippen LogP contribution in [0.3, 0.4) is 0 Å². The number of carbonyl (C=O) groups excluding carboxylic acids is 1. The summed E-state index contributed by atoms with van der Waals surface area (Å²) in [6.07, 6.45) is -2.28. The summed E-state index contributed by atoms with van der Waals surface area (Å²) in [6.45, 7) is 8.90. The highest BCUT2D eigenvalue weighted by Gasteiger charge is 2.39. The van der Waals surface area contributed by atoms with Crippen molar-refractivity contribution >= 4 is 49.1 Å². The Morgan fingerprint density at radius 2 is 1.91 bits per heavy atom. The number of nitriles is 1. The number of thiophene rings is 1. The first-order chi connectivity index (χ1) is 26.7. The third-order valence-corrected chi connectivity index (χ3v) is 11.9. The van der Waals surface area contributed by atoms with Gasteiger partial charge in [0.05, 0.1) is 41.7 Å². The zero-order valence-corrected chi connectivity index (χ0v) is 31.9. The molecule has 56 heavy (non-hydrogen) atoms. The predicted octanol–water partition coefficient (Wildman–Crippen LogP) is 7.47. The van der Waals surface area contributed by atoms with E-state index >= 15 is 4.39 Å². The monoisotopic (exact) mass is 799 g/mol. The molecule has 2 unspecified atom stereocenters. The van der Waals surface area contributed by atoms with E-state index in [2.05, 4.69) is 20.0 Å². The topological polar surface area (TPSA) is 129 Å². The van der Waals surface area contributed by atoms with Gasteiger partial charge in [0.1, 0.15) is 34.4 Å². The summed E-state index contributed by atoms with van der Waals surface area (Å²) >= 11 is 0.685. The smallest absolute Gasteiger partial charge is 0.417 e. The molecule has 6 heterocycles. The summed E-state index contributed by atoms with van der Waals surface area (Å²) in [5.41, 5.74) is 4.08. The molecule has 3 aliphatic heterocycles. The van der Waals surface area contributed by atoms with Gasteiger partial charge in [-0.1, -0.05) is 6.07 Å². The number of ether oxygens (including phenoxy) is 1. The second-order valence-corrected chi connectivity index (χ2v) is 15.0. The Kier molecular flexibility index (Phi) is 10.5. The Morgan fingerprint density at radius 3 is 2.57 bits per heavy atom. The van der Waals surface area contributed by atoms with Gasteiger partial charge in [-0.05, 0) is 64.3 Å². The molecule has 3 aliphatic rings. The first kappa shape index (κ1) is 39.1. The van der Waals surface area contributed by atoms with E-state index in [-0.39, 0.29) is 74.7 Å². The standard InChI is InChI=1S/C31H27F5N8O2S.C7H12FN/c1-5-42(6-2)29(45)24-14(3)20-13-43(9-10-44(20)41-24)28-16-11-18(31(34,35)36)22(23(33)25(16)39-30(40-28)46-4)15-7-8-19(32)26-21(15)17(12-37)27(38)47-26;8-6-4-7-2-1-3-9(7)5-6/h7-8,11H,5-6,9-10,13,38H2,1-4H3;6-7H,1-5H2. The van der Waals surface area contributed by atoms with Crippen LogP contribution in [0.2, 0.25) is 0 Å². The van der Waals surface area contributed by atoms with E-state index in [1.54, 1.807) is 27.5 Å². The van der Waals surface area contributed by atoms with Crippen molar-refractivity contribution in [2.75, 3.05) is 50.5 Å². The van der Waals surface area contributed by atoms with Gasteiger partial charge >= 0.3 is 12.2 Å². The van der Waals surface area contributed by atoms with Crippen LogP contribution in [0.1, 0.15) is 66.0 Å². The lowest BCUT2D eigenvalue weighted by Crippen LogP contribution is -2.35. The van der Waals surface area contributed by atoms with Crippen LogP contribution in [0.15, 0.2) is 18.2 Å². The second kappa shape index (κ2) is 15.1. The first-order valence-electron chi connectivity index (χ1n) is 18.2. The molecule has 18 heteroatoms. The van der Waals surface area contributed by atoms with E-state index in [1.807, 2.05) is 13.8 Å². The molecule has 3 aromatic heterocycles. The van der Waals surface area contributed by atoms with Crippen LogP contribution >= 0.6 is 11.3 Å². The van der Waals surface area contributed by atoms with Crippen molar-refractivity contribution in [2.24, 2.45) is 0 Å². The number of hydrogen-bond donors (Lipinski definition) is 1. The van der Waals surface area contributed by atoms with Crippen molar-refractivity contribution in [3.8, 4) is 23.2 Å². The maximum absolute atomic E-state index is 16.7. The maximum Gasteiger partial charge on any atom is 0.417 e. The summed E-state index contributed by atoms with van der Waals surface area (Å²) in [5.74, 6) is -2.43. The van der Waals surface area contributed by atoms with Gasteiger partial charge in [-0.3, -0.25) is 14.4 Å². The number of carbonyl (C=O) groups is 1. The first-order valence-corrected chi connectivity index (χ1v) is 19.1. The molecule has 11 nitrogen and oxygen atoms in total. The van der Waals surface area contributed by atoms with Gasteiger partial charge in [-0.15, -0.1) is 11.3 Å². The van der Waals surface area contributed by atoms with E-state index in [4.69, 9.17) is 10.5 Å². The molecule has 5 aromatic rings. The molecular weight excluding hydrogens is 761 g/mol. The number of fused-ring (bicyclic) bond motifs is 4. The van der Waals surface area contributed by atoms with E-state index < -0.39 is 40.6 Å². The lowest BCUT2D eigenvalue weighted by atomic mass is 9.92. The lowest BCUT2D eigenvalue weighted by Gasteiger charge is -2.30. The molecule has 0 saturated carbocycles. The van der Waals surface area contributed by atoms with E-state index in [9.17, 15) is 32.0 Å². The highest BCUT2D eigenvalue weighted by atomic mass is 32.1. The van der Waals surface area contributed by atoms with Gasteiger partial charge in [-0.25, -0.2) is 13.2 Å². The SMILES string of the molecule is CCN(CC)C(=O)c1nn2c(c1C)CN(c1nc(OC)nc3c(F)c(-c4ccc(F)c5sc(N)c(C#N)c45)c(C(F)(F)F)cc13)CC2.FC1CC2CCCN2C1. The minimum Gasteiger partial charge on any atom is -0.467 e. The Bertz CT molecular complexity index is 2370. The zero-order chi connectivity index (χ0) is 40.2. The van der Waals surface area contributed by atoms with Gasteiger partial charge in [-0.2, -0.15) is 33.5 Å². The molecular formula is C38H39F6N9O2S. The molecule has 8 rings (SSSR count). The quantitative estimate of drug-likeness (QED) is 0.174. The van der Waals surface area contributed by atoms with Crippen molar-refractivity contribution in [2.45, 2.75) is 71.5 Å². The van der Waals surface area contributed by atoms with Crippen LogP contribution in [0, 0.1) is 29.9 Å². The summed E-state index contributed by atoms with van der Waals surface area (Å²) in [4.78, 5) is 27.1. The predicted molar refractivity (Wildman–Crippen MR) is 200 cm³/mol. The molecule has 2 atom stereocenters. The second-order valence-electron chi connectivity index (χ2n) is 14.0. The largest absolute Gasteiger partial charge is 0.467 e. The van der Waals surface area contributed by atoms with Gasteiger partial charge in [0.15, 0.2) is 11.5 Å². The van der Waals surface area contributed by atoms with Gasteiger partial charge < -0.3 is 20.3 Å². The fourth-order valence-corrected chi connectivity index (χ4v) is 8.99. The summed E-state index contributed by atoms with van der Waals surface area (Å²) < 4.78 is 95.3. The third kappa shape index (κ3) is 6.74. The van der Waals surface area contributed by atoms with E-state index in [0.717, 1.165) is 31.2 Å². The molecule has 2 saturated heterocycles. The number of benzene rings is 2. The summed E-state index contributed by atoms with van der Waals surface area (Å²) in [6, 6.07) is 4.78. The molecule has 0 radical (unpaired) electrons. The van der Waals surface area contributed by atoms with Crippen molar-refractivity contribution < 1.29 is 35.9 Å². The van der Waals surface area contributed by atoms with Crippen LogP contribution in [0.4, 0.5) is 37.2 Å². The van der Waals surface area contributed by atoms with Crippen molar-refractivity contribution in [1.82, 2.24) is 29.5 Å². The molecule has 0 bridgehead atoms. The van der Waals surface area contributed by atoms with E-state index in [1.165, 1.54) is 20.0 Å². The number of nitrogens with two attached hydrogens (primary N) is 1. The fourth-order valence-electron chi connectivity index (χ4n) is 8.04. The highest BCUT2D eigenvalue weighted by molar-refractivity contribution is 7.23. The normalized spacial score (nSPS) is 18.1. The molecule has 0 aliphatic carbocycles. The van der Waals surface area contributed by atoms with Crippen LogP contribution in [0.25, 0.3) is 32.1 Å². The summed E-state index contributed by atoms with van der Waals surface area (Å²) in [5, 5.41) is 13.7. The van der Waals surface area contributed by atoms with Crippen LogP contribution < -0.4 is 15.4 Å². The number of nitrogen functional groups attached to an aromatic ring is 1. The van der Waals surface area contributed by atoms with Crippen molar-refractivity contribution in [3.63, 3.8) is 0 Å². The maximum atomic E-state index is 16.7. The van der Waals surface area contributed by atoms with Gasteiger partial charge in [0.25, 0.3) is 5.91 Å². The fraction of sp³-hybridized carbons (Fsp3) is 0.447.